The monoisotopic (exact) mass is 338 g/mol. The first kappa shape index (κ1) is 17.2. The fourth-order valence-corrected chi connectivity index (χ4v) is 4.15. The first-order valence-corrected chi connectivity index (χ1v) is 8.01. The van der Waals surface area contributed by atoms with Crippen molar-refractivity contribution in [3.8, 4) is 0 Å². The van der Waals surface area contributed by atoms with Crippen molar-refractivity contribution in [1.29, 1.82) is 0 Å². The minimum atomic E-state index is -6.26. The average molecular weight is 338 g/mol. The minimum Gasteiger partial charge on any atom is -0.762 e. The second-order valence-corrected chi connectivity index (χ2v) is 7.65. The van der Waals surface area contributed by atoms with Gasteiger partial charge in [0.25, 0.3) is 9.84 Å². The van der Waals surface area contributed by atoms with E-state index in [0.29, 0.717) is 11.4 Å². The zero-order chi connectivity index (χ0) is 16.5. The van der Waals surface area contributed by atoms with Gasteiger partial charge in [-0.3, -0.25) is 0 Å². The quantitative estimate of drug-likeness (QED) is 0.786. The van der Waals surface area contributed by atoms with Gasteiger partial charge in [0.2, 0.25) is 9.84 Å². The number of rotatable bonds is 4. The molecule has 0 atom stereocenters. The van der Waals surface area contributed by atoms with E-state index in [4.69, 9.17) is 5.41 Å². The molecule has 0 aliphatic carbocycles. The van der Waals surface area contributed by atoms with Gasteiger partial charge in [0.15, 0.2) is 4.24 Å². The molecule has 0 radical (unpaired) electrons. The van der Waals surface area contributed by atoms with E-state index >= 15 is 0 Å². The molecule has 0 aliphatic rings. The molecular formula is C11H7F3NO4S2-. The minimum absolute atomic E-state index is 0.464. The fourth-order valence-electron chi connectivity index (χ4n) is 1.26. The highest BCUT2D eigenvalue weighted by molar-refractivity contribution is 8.15. The molecule has 21 heavy (non-hydrogen) atoms. The highest BCUT2D eigenvalue weighted by Crippen LogP contribution is 2.33. The summed E-state index contributed by atoms with van der Waals surface area (Å²) in [6.45, 7) is 3.39. The second-order valence-electron chi connectivity index (χ2n) is 3.63. The van der Waals surface area contributed by atoms with Crippen LogP contribution in [0.15, 0.2) is 40.0 Å². The molecule has 114 valence electrons. The molecule has 1 aromatic rings. The van der Waals surface area contributed by atoms with Crippen LogP contribution in [-0.4, -0.2) is 28.2 Å². The lowest BCUT2D eigenvalue weighted by Gasteiger charge is -2.12. The number of benzene rings is 1. The van der Waals surface area contributed by atoms with Gasteiger partial charge in [0.1, 0.15) is 0 Å². The maximum absolute atomic E-state index is 12.4. The lowest BCUT2D eigenvalue weighted by Crippen LogP contribution is -2.28. The topological polar surface area (TPSA) is 90.6 Å². The van der Waals surface area contributed by atoms with Gasteiger partial charge in [-0.15, -0.1) is 0 Å². The van der Waals surface area contributed by atoms with E-state index in [2.05, 4.69) is 6.58 Å². The van der Waals surface area contributed by atoms with Gasteiger partial charge in [-0.2, -0.15) is 13.2 Å². The van der Waals surface area contributed by atoms with E-state index in [1.54, 1.807) is 0 Å². The van der Waals surface area contributed by atoms with Crippen LogP contribution in [0.4, 0.5) is 13.2 Å². The van der Waals surface area contributed by atoms with Gasteiger partial charge in [-0.1, -0.05) is 24.8 Å². The summed E-state index contributed by atoms with van der Waals surface area (Å²) in [4.78, 5) is -0.738. The molecule has 0 spiro atoms. The molecule has 0 saturated carbocycles. The van der Waals surface area contributed by atoms with Crippen molar-refractivity contribution < 1.29 is 30.0 Å². The number of sulfone groups is 2. The van der Waals surface area contributed by atoms with Crippen molar-refractivity contribution in [2.24, 2.45) is 0 Å². The van der Waals surface area contributed by atoms with E-state index < -0.39 is 34.3 Å². The summed E-state index contributed by atoms with van der Waals surface area (Å²) in [5.74, 6) is 0.617. The number of halogens is 3. The van der Waals surface area contributed by atoms with Crippen LogP contribution in [-0.2, 0) is 19.7 Å². The molecule has 10 heteroatoms. The van der Waals surface area contributed by atoms with Crippen LogP contribution in [0.2, 0.25) is 0 Å². The normalized spacial score (nSPS) is 12.5. The Hall–Kier alpha value is -1.90. The SMILES string of the molecule is C=Cc1ccc(S(=O)(=O)C(=C=[N-])S(=O)(=O)C(F)(F)F)cc1. The van der Waals surface area contributed by atoms with E-state index in [9.17, 15) is 30.0 Å². The molecule has 0 bridgehead atoms. The number of hydrogen-bond acceptors (Lipinski definition) is 4. The molecule has 0 amide bonds. The second kappa shape index (κ2) is 5.47. The molecular weight excluding hydrogens is 331 g/mol. The molecule has 0 fully saturated rings. The Morgan fingerprint density at radius 2 is 1.62 bits per heavy atom. The zero-order valence-electron chi connectivity index (χ0n) is 10.1. The van der Waals surface area contributed by atoms with Crippen LogP contribution < -0.4 is 0 Å². The highest BCUT2D eigenvalue weighted by atomic mass is 32.3. The van der Waals surface area contributed by atoms with Gasteiger partial charge in [0, 0.05) is 0 Å². The molecule has 1 aromatic carbocycles. The van der Waals surface area contributed by atoms with Crippen molar-refractivity contribution in [3.63, 3.8) is 0 Å². The average Bonchev–Trinajstić information content (AvgIpc) is 2.37. The molecule has 1 rings (SSSR count). The van der Waals surface area contributed by atoms with Gasteiger partial charge in [-0.05, 0) is 17.7 Å². The van der Waals surface area contributed by atoms with E-state index in [1.165, 1.54) is 18.2 Å². The molecule has 0 unspecified atom stereocenters. The standard InChI is InChI=1S/C11H7F3NO4S2/c1-2-8-3-5-9(6-4-8)20(16,17)10(7-15)21(18,19)11(12,13)14/h2-6H,1H2/q-1. The van der Waals surface area contributed by atoms with E-state index in [-0.39, 0.29) is 0 Å². The maximum Gasteiger partial charge on any atom is 0.503 e. The third-order valence-corrected chi connectivity index (χ3v) is 6.29. The van der Waals surface area contributed by atoms with Gasteiger partial charge >= 0.3 is 5.51 Å². The Morgan fingerprint density at radius 1 is 1.14 bits per heavy atom. The van der Waals surface area contributed by atoms with Crippen molar-refractivity contribution in [3.05, 3.63) is 46.1 Å². The Kier molecular flexibility index (Phi) is 4.47. The van der Waals surface area contributed by atoms with Crippen LogP contribution in [0.1, 0.15) is 5.56 Å². The van der Waals surface area contributed by atoms with Crippen molar-refractivity contribution in [2.45, 2.75) is 10.4 Å². The van der Waals surface area contributed by atoms with Crippen molar-refractivity contribution >= 4 is 31.6 Å². The highest BCUT2D eigenvalue weighted by Gasteiger charge is 2.52. The van der Waals surface area contributed by atoms with E-state index in [0.717, 1.165) is 12.1 Å². The molecule has 0 N–H and O–H groups in total. The number of nitrogens with zero attached hydrogens (tertiary/aromatic N) is 1. The first-order chi connectivity index (χ1) is 9.48. The Bertz CT molecular complexity index is 815. The molecule has 5 nitrogen and oxygen atoms in total. The number of alkyl halides is 3. The van der Waals surface area contributed by atoms with Gasteiger partial charge in [0.05, 0.1) is 4.90 Å². The van der Waals surface area contributed by atoms with Crippen molar-refractivity contribution in [2.75, 3.05) is 0 Å². The third-order valence-electron chi connectivity index (χ3n) is 2.31. The van der Waals surface area contributed by atoms with E-state index in [1.807, 2.05) is 0 Å². The zero-order valence-corrected chi connectivity index (χ0v) is 11.8. The summed E-state index contributed by atoms with van der Waals surface area (Å²) in [5, 5.41) is 8.56. The third kappa shape index (κ3) is 3.07. The van der Waals surface area contributed by atoms with Crippen LogP contribution in [0.3, 0.4) is 0 Å². The maximum atomic E-state index is 12.4. The largest absolute Gasteiger partial charge is 0.762 e. The molecule has 0 aromatic heterocycles. The van der Waals surface area contributed by atoms with Crippen LogP contribution in [0.25, 0.3) is 11.5 Å². The summed E-state index contributed by atoms with van der Waals surface area (Å²) in [5.41, 5.74) is -5.42. The molecule has 0 heterocycles. The van der Waals surface area contributed by atoms with Crippen LogP contribution in [0.5, 0.6) is 0 Å². The van der Waals surface area contributed by atoms with Crippen LogP contribution in [0, 0.1) is 0 Å². The summed E-state index contributed by atoms with van der Waals surface area (Å²) in [6.07, 6.45) is 1.35. The van der Waals surface area contributed by atoms with Gasteiger partial charge < -0.3 is 5.41 Å². The first-order valence-electron chi connectivity index (χ1n) is 5.04. The predicted octanol–water partition coefficient (Wildman–Crippen LogP) is 2.12. The Morgan fingerprint density at radius 3 is 1.95 bits per heavy atom. The summed E-state index contributed by atoms with van der Waals surface area (Å²) < 4.78 is 81.0. The number of hydrogen-bond donors (Lipinski definition) is 0. The lowest BCUT2D eigenvalue weighted by molar-refractivity contribution is -0.0424. The Balaban J connectivity index is 3.54. The van der Waals surface area contributed by atoms with Crippen molar-refractivity contribution in [1.82, 2.24) is 0 Å². The van der Waals surface area contributed by atoms with Gasteiger partial charge in [-0.25, -0.2) is 22.7 Å². The molecule has 0 aliphatic heterocycles. The summed E-state index contributed by atoms with van der Waals surface area (Å²) >= 11 is 0. The predicted molar refractivity (Wildman–Crippen MR) is 70.6 cm³/mol. The Labute approximate surface area is 118 Å². The summed E-state index contributed by atoms with van der Waals surface area (Å²) in [7, 11) is -11.4. The van der Waals surface area contributed by atoms with Crippen LogP contribution >= 0.6 is 0 Å². The lowest BCUT2D eigenvalue weighted by atomic mass is 10.2. The molecule has 0 saturated heterocycles. The smallest absolute Gasteiger partial charge is 0.503 e. The summed E-state index contributed by atoms with van der Waals surface area (Å²) in [6, 6.07) is 4.18. The fraction of sp³-hybridized carbons (Fsp3) is 0.0909.